The highest BCUT2D eigenvalue weighted by Crippen LogP contribution is 2.29. The molecule has 0 aliphatic rings. The molecular formula is C14H7F3. The van der Waals surface area contributed by atoms with Crippen LogP contribution in [0.3, 0.4) is 0 Å². The van der Waals surface area contributed by atoms with Crippen molar-refractivity contribution < 1.29 is 13.2 Å². The summed E-state index contributed by atoms with van der Waals surface area (Å²) in [5.41, 5.74) is 0. The van der Waals surface area contributed by atoms with Gasteiger partial charge in [-0.3, -0.25) is 0 Å². The first-order chi connectivity index (χ1) is 8.18. The molecule has 0 saturated heterocycles. The molecule has 0 atom stereocenters. The number of hydrogen-bond acceptors (Lipinski definition) is 0. The third kappa shape index (κ3) is 1.39. The van der Waals surface area contributed by atoms with Gasteiger partial charge in [0, 0.05) is 5.39 Å². The van der Waals surface area contributed by atoms with Crippen LogP contribution in [-0.2, 0) is 0 Å². The Balaban J connectivity index is 2.59. The fourth-order valence-electron chi connectivity index (χ4n) is 2.06. The molecule has 3 aromatic rings. The lowest BCUT2D eigenvalue weighted by molar-refractivity contribution is 0.453. The molecule has 0 spiro atoms. The minimum Gasteiger partial charge on any atom is -0.204 e. The Hall–Kier alpha value is -2.03. The minimum absolute atomic E-state index is 0.0996. The Morgan fingerprint density at radius 3 is 2.24 bits per heavy atom. The first-order valence-corrected chi connectivity index (χ1v) is 5.13. The van der Waals surface area contributed by atoms with Crippen LogP contribution in [0, 0.1) is 17.5 Å². The van der Waals surface area contributed by atoms with Gasteiger partial charge in [0.2, 0.25) is 0 Å². The zero-order chi connectivity index (χ0) is 12.0. The van der Waals surface area contributed by atoms with E-state index in [0.29, 0.717) is 10.8 Å². The minimum atomic E-state index is -1.42. The summed E-state index contributed by atoms with van der Waals surface area (Å²) in [4.78, 5) is 0. The predicted octanol–water partition coefficient (Wildman–Crippen LogP) is 4.41. The Labute approximate surface area is 95.3 Å². The van der Waals surface area contributed by atoms with E-state index in [9.17, 15) is 13.2 Å². The largest absolute Gasteiger partial charge is 0.204 e. The average molecular weight is 232 g/mol. The van der Waals surface area contributed by atoms with Gasteiger partial charge in [0.05, 0.1) is 0 Å². The SMILES string of the molecule is Fc1cc2c(ccc3ccccc32)c(F)c1F. The Bertz CT molecular complexity index is 732. The number of rotatable bonds is 0. The first-order valence-electron chi connectivity index (χ1n) is 5.13. The van der Waals surface area contributed by atoms with E-state index < -0.39 is 17.5 Å². The summed E-state index contributed by atoms with van der Waals surface area (Å²) in [7, 11) is 0. The lowest BCUT2D eigenvalue weighted by Gasteiger charge is -2.06. The van der Waals surface area contributed by atoms with Crippen molar-refractivity contribution in [2.24, 2.45) is 0 Å². The molecule has 0 bridgehead atoms. The van der Waals surface area contributed by atoms with Crippen molar-refractivity contribution in [1.82, 2.24) is 0 Å². The molecule has 0 fully saturated rings. The van der Waals surface area contributed by atoms with Crippen LogP contribution >= 0.6 is 0 Å². The molecule has 0 aliphatic carbocycles. The molecule has 3 aromatic carbocycles. The number of fused-ring (bicyclic) bond motifs is 3. The highest BCUT2D eigenvalue weighted by Gasteiger charge is 2.14. The molecule has 3 heteroatoms. The van der Waals surface area contributed by atoms with Gasteiger partial charge in [0.1, 0.15) is 0 Å². The van der Waals surface area contributed by atoms with Gasteiger partial charge in [0.15, 0.2) is 17.5 Å². The van der Waals surface area contributed by atoms with Crippen molar-refractivity contribution in [3.63, 3.8) is 0 Å². The monoisotopic (exact) mass is 232 g/mol. The van der Waals surface area contributed by atoms with E-state index in [-0.39, 0.29) is 5.39 Å². The number of halogens is 3. The lowest BCUT2D eigenvalue weighted by atomic mass is 10.0. The van der Waals surface area contributed by atoms with Gasteiger partial charge in [-0.25, -0.2) is 13.2 Å². The van der Waals surface area contributed by atoms with Crippen molar-refractivity contribution >= 4 is 21.5 Å². The molecule has 0 unspecified atom stereocenters. The van der Waals surface area contributed by atoms with Crippen LogP contribution in [0.4, 0.5) is 13.2 Å². The molecular weight excluding hydrogens is 225 g/mol. The van der Waals surface area contributed by atoms with Gasteiger partial charge < -0.3 is 0 Å². The number of hydrogen-bond donors (Lipinski definition) is 0. The summed E-state index contributed by atoms with van der Waals surface area (Å²) in [5, 5.41) is 2.07. The summed E-state index contributed by atoms with van der Waals surface area (Å²) in [6.07, 6.45) is 0. The van der Waals surface area contributed by atoms with E-state index in [1.807, 2.05) is 12.1 Å². The summed E-state index contributed by atoms with van der Waals surface area (Å²) >= 11 is 0. The van der Waals surface area contributed by atoms with Crippen LogP contribution < -0.4 is 0 Å². The van der Waals surface area contributed by atoms with Crippen molar-refractivity contribution in [3.05, 3.63) is 59.9 Å². The highest BCUT2D eigenvalue weighted by molar-refractivity contribution is 6.07. The molecule has 0 radical (unpaired) electrons. The van der Waals surface area contributed by atoms with Crippen molar-refractivity contribution in [3.8, 4) is 0 Å². The quantitative estimate of drug-likeness (QED) is 0.398. The second-order valence-electron chi connectivity index (χ2n) is 3.87. The average Bonchev–Trinajstić information content (AvgIpc) is 2.36. The zero-order valence-corrected chi connectivity index (χ0v) is 8.68. The molecule has 3 rings (SSSR count). The van der Waals surface area contributed by atoms with Gasteiger partial charge in [-0.1, -0.05) is 36.4 Å². The van der Waals surface area contributed by atoms with Crippen LogP contribution in [0.5, 0.6) is 0 Å². The maximum Gasteiger partial charge on any atom is 0.195 e. The molecule has 17 heavy (non-hydrogen) atoms. The molecule has 0 heterocycles. The Morgan fingerprint density at radius 1 is 0.647 bits per heavy atom. The smallest absolute Gasteiger partial charge is 0.195 e. The van der Waals surface area contributed by atoms with Crippen LogP contribution in [0.15, 0.2) is 42.5 Å². The summed E-state index contributed by atoms with van der Waals surface area (Å²) in [6, 6.07) is 11.4. The lowest BCUT2D eigenvalue weighted by Crippen LogP contribution is -1.92. The maximum absolute atomic E-state index is 13.6. The van der Waals surface area contributed by atoms with E-state index in [4.69, 9.17) is 0 Å². The van der Waals surface area contributed by atoms with Gasteiger partial charge >= 0.3 is 0 Å². The van der Waals surface area contributed by atoms with Crippen LogP contribution in [0.2, 0.25) is 0 Å². The second kappa shape index (κ2) is 3.48. The van der Waals surface area contributed by atoms with Crippen molar-refractivity contribution in [2.45, 2.75) is 0 Å². The van der Waals surface area contributed by atoms with Crippen LogP contribution in [-0.4, -0.2) is 0 Å². The normalized spacial score (nSPS) is 11.2. The molecule has 0 saturated carbocycles. The Kier molecular flexibility index (Phi) is 2.08. The highest BCUT2D eigenvalue weighted by atomic mass is 19.2. The second-order valence-corrected chi connectivity index (χ2v) is 3.87. The van der Waals surface area contributed by atoms with E-state index in [0.717, 1.165) is 11.5 Å². The first kappa shape index (κ1) is 10.1. The maximum atomic E-state index is 13.6. The van der Waals surface area contributed by atoms with E-state index in [1.165, 1.54) is 6.07 Å². The Morgan fingerprint density at radius 2 is 1.41 bits per heavy atom. The molecule has 0 amide bonds. The molecule has 0 N–H and O–H groups in total. The van der Waals surface area contributed by atoms with Gasteiger partial charge in [-0.2, -0.15) is 0 Å². The summed E-state index contributed by atoms with van der Waals surface area (Å²) < 4.78 is 39.9. The molecule has 0 nitrogen and oxygen atoms in total. The van der Waals surface area contributed by atoms with Gasteiger partial charge in [0.25, 0.3) is 0 Å². The number of benzene rings is 3. The van der Waals surface area contributed by atoms with E-state index >= 15 is 0 Å². The van der Waals surface area contributed by atoms with Crippen molar-refractivity contribution in [2.75, 3.05) is 0 Å². The fraction of sp³-hybridized carbons (Fsp3) is 0. The van der Waals surface area contributed by atoms with Crippen molar-refractivity contribution in [1.29, 1.82) is 0 Å². The molecule has 0 aromatic heterocycles. The third-order valence-electron chi connectivity index (χ3n) is 2.88. The predicted molar refractivity (Wildman–Crippen MR) is 61.3 cm³/mol. The summed E-state index contributed by atoms with van der Waals surface area (Å²) in [5.74, 6) is -3.72. The third-order valence-corrected chi connectivity index (χ3v) is 2.88. The standard InChI is InChI=1S/C14H7F3/c15-12-7-11-9-4-2-1-3-8(9)5-6-10(11)13(16)14(12)17/h1-7H. The van der Waals surface area contributed by atoms with Gasteiger partial charge in [-0.15, -0.1) is 0 Å². The topological polar surface area (TPSA) is 0 Å². The van der Waals surface area contributed by atoms with E-state index in [1.54, 1.807) is 18.2 Å². The van der Waals surface area contributed by atoms with Crippen LogP contribution in [0.1, 0.15) is 0 Å². The molecule has 0 aliphatic heterocycles. The van der Waals surface area contributed by atoms with Crippen LogP contribution in [0.25, 0.3) is 21.5 Å². The molecule has 84 valence electrons. The van der Waals surface area contributed by atoms with Gasteiger partial charge in [-0.05, 0) is 22.2 Å². The fourth-order valence-corrected chi connectivity index (χ4v) is 2.06. The summed E-state index contributed by atoms with van der Waals surface area (Å²) in [6.45, 7) is 0. The van der Waals surface area contributed by atoms with E-state index in [2.05, 4.69) is 0 Å². The zero-order valence-electron chi connectivity index (χ0n) is 8.68.